The Morgan fingerprint density at radius 1 is 0.793 bits per heavy atom. The van der Waals surface area contributed by atoms with Gasteiger partial charge in [0.05, 0.1) is 11.1 Å². The highest BCUT2D eigenvalue weighted by atomic mass is 32.1. The Hall–Kier alpha value is -3.71. The van der Waals surface area contributed by atoms with Crippen molar-refractivity contribution in [1.29, 1.82) is 0 Å². The molecule has 0 spiro atoms. The number of carbonyl (C=O) groups is 2. The first-order valence-corrected chi connectivity index (χ1v) is 9.53. The van der Waals surface area contributed by atoms with Crippen molar-refractivity contribution in [2.24, 2.45) is 0 Å². The SMILES string of the molecule is O=C(NNC(=O)c1occc1-c1ccccc1)c1ccc(-c2ccc(F)cc2)s1. The molecule has 7 heteroatoms. The fourth-order valence-corrected chi connectivity index (χ4v) is 3.70. The molecule has 2 N–H and O–H groups in total. The second-order valence-electron chi connectivity index (χ2n) is 6.11. The zero-order valence-electron chi connectivity index (χ0n) is 15.0. The Morgan fingerprint density at radius 3 is 2.28 bits per heavy atom. The third-order valence-corrected chi connectivity index (χ3v) is 5.34. The van der Waals surface area contributed by atoms with Crippen molar-refractivity contribution >= 4 is 23.2 Å². The lowest BCUT2D eigenvalue weighted by atomic mass is 10.1. The number of furan rings is 1. The summed E-state index contributed by atoms with van der Waals surface area (Å²) >= 11 is 1.24. The summed E-state index contributed by atoms with van der Waals surface area (Å²) in [6.07, 6.45) is 1.42. The molecular weight excluding hydrogens is 391 g/mol. The van der Waals surface area contributed by atoms with E-state index in [0.717, 1.165) is 16.0 Å². The number of hydrogen-bond acceptors (Lipinski definition) is 4. The number of rotatable bonds is 4. The topological polar surface area (TPSA) is 71.3 Å². The minimum absolute atomic E-state index is 0.106. The Morgan fingerprint density at radius 2 is 1.52 bits per heavy atom. The van der Waals surface area contributed by atoms with Crippen molar-refractivity contribution in [1.82, 2.24) is 10.9 Å². The minimum atomic E-state index is -0.558. The van der Waals surface area contributed by atoms with Gasteiger partial charge in [-0.05, 0) is 41.5 Å². The van der Waals surface area contributed by atoms with Gasteiger partial charge >= 0.3 is 5.91 Å². The number of hydrazine groups is 1. The number of hydrogen-bond donors (Lipinski definition) is 2. The van der Waals surface area contributed by atoms with E-state index < -0.39 is 11.8 Å². The lowest BCUT2D eigenvalue weighted by Gasteiger charge is -2.06. The van der Waals surface area contributed by atoms with Gasteiger partial charge in [0.25, 0.3) is 5.91 Å². The number of benzene rings is 2. The first-order valence-electron chi connectivity index (χ1n) is 8.71. The number of carbonyl (C=O) groups excluding carboxylic acids is 2. The Kier molecular flexibility index (Phi) is 5.22. The molecule has 0 aliphatic heterocycles. The summed E-state index contributed by atoms with van der Waals surface area (Å²) in [5.74, 6) is -1.23. The van der Waals surface area contributed by atoms with Crippen LogP contribution < -0.4 is 10.9 Å². The number of amides is 2. The van der Waals surface area contributed by atoms with Crippen molar-refractivity contribution < 1.29 is 18.4 Å². The average molecular weight is 406 g/mol. The third kappa shape index (κ3) is 4.09. The van der Waals surface area contributed by atoms with E-state index in [1.165, 1.54) is 29.7 Å². The largest absolute Gasteiger partial charge is 0.458 e. The van der Waals surface area contributed by atoms with Gasteiger partial charge in [0.1, 0.15) is 5.82 Å². The maximum atomic E-state index is 13.1. The molecule has 4 rings (SSSR count). The average Bonchev–Trinajstić information content (AvgIpc) is 3.43. The zero-order chi connectivity index (χ0) is 20.2. The fraction of sp³-hybridized carbons (Fsp3) is 0. The van der Waals surface area contributed by atoms with E-state index in [1.807, 2.05) is 30.3 Å². The molecule has 144 valence electrons. The Labute approximate surface area is 169 Å². The number of nitrogens with one attached hydrogen (secondary N) is 2. The molecule has 0 radical (unpaired) electrons. The van der Waals surface area contributed by atoms with Gasteiger partial charge in [-0.3, -0.25) is 20.4 Å². The highest BCUT2D eigenvalue weighted by Gasteiger charge is 2.18. The summed E-state index contributed by atoms with van der Waals surface area (Å²) in [5.41, 5.74) is 7.04. The molecule has 0 bridgehead atoms. The van der Waals surface area contributed by atoms with E-state index in [9.17, 15) is 14.0 Å². The van der Waals surface area contributed by atoms with Gasteiger partial charge in [-0.25, -0.2) is 4.39 Å². The molecule has 0 unspecified atom stereocenters. The highest BCUT2D eigenvalue weighted by Crippen LogP contribution is 2.28. The summed E-state index contributed by atoms with van der Waals surface area (Å²) in [5, 5.41) is 0. The standard InChI is InChI=1S/C22H15FN2O3S/c23-16-8-6-15(7-9-16)18-10-11-19(29-18)21(26)24-25-22(27)20-17(12-13-28-20)14-4-2-1-3-5-14/h1-13H,(H,24,26)(H,25,27). The van der Waals surface area contributed by atoms with E-state index >= 15 is 0 Å². The molecule has 0 aliphatic rings. The maximum absolute atomic E-state index is 13.1. The van der Waals surface area contributed by atoms with Crippen molar-refractivity contribution in [2.75, 3.05) is 0 Å². The van der Waals surface area contributed by atoms with Crippen molar-refractivity contribution in [3.63, 3.8) is 0 Å². The van der Waals surface area contributed by atoms with Crippen LogP contribution in [0, 0.1) is 5.82 Å². The molecule has 0 atom stereocenters. The van der Waals surface area contributed by atoms with Crippen LogP contribution in [0.3, 0.4) is 0 Å². The molecule has 5 nitrogen and oxygen atoms in total. The predicted molar refractivity (Wildman–Crippen MR) is 109 cm³/mol. The first-order chi connectivity index (χ1) is 14.1. The quantitative estimate of drug-likeness (QED) is 0.474. The van der Waals surface area contributed by atoms with E-state index in [0.29, 0.717) is 10.4 Å². The number of halogens is 1. The van der Waals surface area contributed by atoms with Crippen molar-refractivity contribution in [3.8, 4) is 21.6 Å². The van der Waals surface area contributed by atoms with Crippen LogP contribution in [-0.4, -0.2) is 11.8 Å². The first kappa shape index (κ1) is 18.6. The van der Waals surface area contributed by atoms with Crippen LogP contribution >= 0.6 is 11.3 Å². The van der Waals surface area contributed by atoms with Gasteiger partial charge in [0.2, 0.25) is 5.76 Å². The van der Waals surface area contributed by atoms with Gasteiger partial charge < -0.3 is 4.42 Å². The van der Waals surface area contributed by atoms with Crippen LogP contribution in [0.25, 0.3) is 21.6 Å². The van der Waals surface area contributed by atoms with Gasteiger partial charge in [-0.15, -0.1) is 11.3 Å². The predicted octanol–water partition coefficient (Wildman–Crippen LogP) is 4.89. The van der Waals surface area contributed by atoms with E-state index in [4.69, 9.17) is 4.42 Å². The molecule has 0 fully saturated rings. The van der Waals surface area contributed by atoms with Crippen LogP contribution in [0.2, 0.25) is 0 Å². The lowest BCUT2D eigenvalue weighted by Crippen LogP contribution is -2.41. The molecule has 29 heavy (non-hydrogen) atoms. The second kappa shape index (κ2) is 8.12. The smallest absolute Gasteiger partial charge is 0.306 e. The molecule has 4 aromatic rings. The van der Waals surface area contributed by atoms with E-state index in [1.54, 1.807) is 30.3 Å². The van der Waals surface area contributed by atoms with Crippen LogP contribution in [0.1, 0.15) is 20.2 Å². The van der Waals surface area contributed by atoms with Crippen LogP contribution in [0.5, 0.6) is 0 Å². The van der Waals surface area contributed by atoms with Gasteiger partial charge in [-0.1, -0.05) is 42.5 Å². The minimum Gasteiger partial charge on any atom is -0.458 e. The van der Waals surface area contributed by atoms with Crippen LogP contribution in [0.15, 0.2) is 83.5 Å². The monoisotopic (exact) mass is 406 g/mol. The van der Waals surface area contributed by atoms with Gasteiger partial charge in [0, 0.05) is 10.4 Å². The normalized spacial score (nSPS) is 10.5. The lowest BCUT2D eigenvalue weighted by molar-refractivity contribution is 0.0833. The second-order valence-corrected chi connectivity index (χ2v) is 7.19. The van der Waals surface area contributed by atoms with Crippen LogP contribution in [0.4, 0.5) is 4.39 Å². The highest BCUT2D eigenvalue weighted by molar-refractivity contribution is 7.17. The molecule has 0 saturated carbocycles. The van der Waals surface area contributed by atoms with E-state index in [2.05, 4.69) is 10.9 Å². The molecule has 2 heterocycles. The Balaban J connectivity index is 1.42. The third-order valence-electron chi connectivity index (χ3n) is 4.20. The molecule has 2 aromatic carbocycles. The maximum Gasteiger partial charge on any atom is 0.306 e. The summed E-state index contributed by atoms with van der Waals surface area (Å²) in [4.78, 5) is 26.0. The summed E-state index contributed by atoms with van der Waals surface area (Å²) in [6, 6.07) is 20.5. The molecule has 2 amide bonds. The van der Waals surface area contributed by atoms with Gasteiger partial charge in [0.15, 0.2) is 0 Å². The van der Waals surface area contributed by atoms with Crippen molar-refractivity contribution in [3.05, 3.63) is 95.5 Å². The fourth-order valence-electron chi connectivity index (χ4n) is 2.79. The zero-order valence-corrected chi connectivity index (χ0v) is 15.8. The molecule has 0 aliphatic carbocycles. The summed E-state index contributed by atoms with van der Waals surface area (Å²) in [7, 11) is 0. The summed E-state index contributed by atoms with van der Waals surface area (Å²) in [6.45, 7) is 0. The van der Waals surface area contributed by atoms with Crippen LogP contribution in [-0.2, 0) is 0 Å². The molecular formula is C22H15FN2O3S. The van der Waals surface area contributed by atoms with E-state index in [-0.39, 0.29) is 11.6 Å². The Bertz CT molecular complexity index is 1150. The van der Waals surface area contributed by atoms with Gasteiger partial charge in [-0.2, -0.15) is 0 Å². The summed E-state index contributed by atoms with van der Waals surface area (Å²) < 4.78 is 18.4. The number of thiophene rings is 1. The molecule has 0 saturated heterocycles. The molecule has 2 aromatic heterocycles. The van der Waals surface area contributed by atoms with Crippen molar-refractivity contribution in [2.45, 2.75) is 0 Å².